The fraction of sp³-hybridized carbons (Fsp3) is 0.500. The lowest BCUT2D eigenvalue weighted by Crippen LogP contribution is -2.52. The van der Waals surface area contributed by atoms with Gasteiger partial charge in [-0.3, -0.25) is 14.5 Å². The molecule has 2 fully saturated rings. The van der Waals surface area contributed by atoms with Crippen LogP contribution in [0.15, 0.2) is 41.3 Å². The molecular formula is C22H26F3N5O3. The molecule has 1 aromatic heterocycles. The number of alkyl halides is 3. The fourth-order valence-electron chi connectivity index (χ4n) is 4.42. The monoisotopic (exact) mass is 465 g/mol. The third kappa shape index (κ3) is 5.19. The minimum atomic E-state index is -4.47. The molecule has 1 aromatic carbocycles. The van der Waals surface area contributed by atoms with Crippen molar-refractivity contribution in [1.82, 2.24) is 20.0 Å². The maximum Gasteiger partial charge on any atom is 0.416 e. The maximum atomic E-state index is 13.0. The molecule has 0 aliphatic carbocycles. The summed E-state index contributed by atoms with van der Waals surface area (Å²) in [5.74, 6) is -0.0729. The van der Waals surface area contributed by atoms with Crippen molar-refractivity contribution in [2.45, 2.75) is 24.6 Å². The summed E-state index contributed by atoms with van der Waals surface area (Å²) in [5.41, 5.74) is -1.64. The molecule has 2 saturated heterocycles. The van der Waals surface area contributed by atoms with E-state index in [0.717, 1.165) is 12.1 Å². The van der Waals surface area contributed by atoms with Gasteiger partial charge in [-0.15, -0.1) is 0 Å². The van der Waals surface area contributed by atoms with Crippen molar-refractivity contribution in [3.8, 4) is 0 Å². The third-order valence-corrected chi connectivity index (χ3v) is 6.45. The highest BCUT2D eigenvalue weighted by molar-refractivity contribution is 5.78. The summed E-state index contributed by atoms with van der Waals surface area (Å²) < 4.78 is 39.1. The largest absolute Gasteiger partial charge is 0.416 e. The summed E-state index contributed by atoms with van der Waals surface area (Å²) in [6.07, 6.45) is -2.58. The fourth-order valence-corrected chi connectivity index (χ4v) is 4.42. The number of hydrogen-bond acceptors (Lipinski definition) is 6. The number of anilines is 1. The number of nitrogens with zero attached hydrogens (tertiary/aromatic N) is 4. The van der Waals surface area contributed by atoms with Crippen LogP contribution >= 0.6 is 0 Å². The number of piperazine rings is 1. The van der Waals surface area contributed by atoms with E-state index in [2.05, 4.69) is 10.2 Å². The van der Waals surface area contributed by atoms with Crippen molar-refractivity contribution < 1.29 is 23.1 Å². The first-order valence-electron chi connectivity index (χ1n) is 10.8. The number of aliphatic hydroxyl groups is 1. The molecular weight excluding hydrogens is 439 g/mol. The molecule has 1 amide bonds. The number of rotatable bonds is 4. The van der Waals surface area contributed by atoms with Gasteiger partial charge in [0.1, 0.15) is 5.69 Å². The van der Waals surface area contributed by atoms with E-state index < -0.39 is 17.3 Å². The molecule has 4 rings (SSSR count). The average molecular weight is 465 g/mol. The summed E-state index contributed by atoms with van der Waals surface area (Å²) in [6, 6.07) is 6.44. The Morgan fingerprint density at radius 1 is 1.09 bits per heavy atom. The Morgan fingerprint density at radius 2 is 1.79 bits per heavy atom. The Balaban J connectivity index is 1.29. The van der Waals surface area contributed by atoms with Crippen LogP contribution in [0.1, 0.15) is 24.0 Å². The number of H-pyrrole nitrogens is 1. The molecule has 0 spiro atoms. The Kier molecular flexibility index (Phi) is 6.44. The molecule has 2 aromatic rings. The number of likely N-dealkylation sites (tertiary alicyclic amines) is 1. The lowest BCUT2D eigenvalue weighted by molar-refractivity contribution is -0.137. The van der Waals surface area contributed by atoms with Crippen molar-refractivity contribution in [2.75, 3.05) is 50.7 Å². The zero-order chi connectivity index (χ0) is 23.6. The molecule has 2 aliphatic heterocycles. The zero-order valence-electron chi connectivity index (χ0n) is 18.0. The Labute approximate surface area is 188 Å². The number of aromatic nitrogens is 2. The van der Waals surface area contributed by atoms with Gasteiger partial charge in [-0.05, 0) is 36.6 Å². The third-order valence-electron chi connectivity index (χ3n) is 6.45. The van der Waals surface area contributed by atoms with Gasteiger partial charge in [0.25, 0.3) is 5.56 Å². The molecule has 33 heavy (non-hydrogen) atoms. The van der Waals surface area contributed by atoms with Crippen molar-refractivity contribution in [3.63, 3.8) is 0 Å². The second-order valence-corrected chi connectivity index (χ2v) is 8.53. The Morgan fingerprint density at radius 3 is 2.42 bits per heavy atom. The molecule has 0 bridgehead atoms. The van der Waals surface area contributed by atoms with Crippen LogP contribution in [0.25, 0.3) is 0 Å². The van der Waals surface area contributed by atoms with Gasteiger partial charge in [0.2, 0.25) is 5.91 Å². The van der Waals surface area contributed by atoms with Crippen molar-refractivity contribution >= 4 is 11.6 Å². The molecule has 2 N–H and O–H groups in total. The van der Waals surface area contributed by atoms with Crippen molar-refractivity contribution in [2.24, 2.45) is 0 Å². The second kappa shape index (κ2) is 9.14. The standard InChI is InChI=1S/C22H26F3N5O3/c23-22(24,25)17-3-1-2-16(14-17)21(33)5-8-30(9-6-21)19(31)15-28-10-12-29(13-11-28)18-4-7-26-27-20(18)32/h1-4,7,14,33H,5-6,8-13,15H2,(H,27,32). The van der Waals surface area contributed by atoms with Gasteiger partial charge < -0.3 is 14.9 Å². The summed E-state index contributed by atoms with van der Waals surface area (Å²) in [4.78, 5) is 30.3. The van der Waals surface area contributed by atoms with Crippen LogP contribution in [0.4, 0.5) is 18.9 Å². The van der Waals surface area contributed by atoms with E-state index in [4.69, 9.17) is 0 Å². The lowest BCUT2D eigenvalue weighted by atomic mass is 9.83. The van der Waals surface area contributed by atoms with E-state index in [9.17, 15) is 27.9 Å². The normalized spacial score (nSPS) is 19.5. The van der Waals surface area contributed by atoms with Crippen LogP contribution in [0.3, 0.4) is 0 Å². The van der Waals surface area contributed by atoms with Gasteiger partial charge in [0.15, 0.2) is 0 Å². The summed E-state index contributed by atoms with van der Waals surface area (Å²) in [6.45, 7) is 3.23. The number of carbonyl (C=O) groups is 1. The van der Waals surface area contributed by atoms with Crippen LogP contribution in [-0.2, 0) is 16.6 Å². The van der Waals surface area contributed by atoms with Gasteiger partial charge in [-0.25, -0.2) is 5.10 Å². The first-order valence-corrected chi connectivity index (χ1v) is 10.8. The van der Waals surface area contributed by atoms with E-state index in [1.807, 2.05) is 9.80 Å². The van der Waals surface area contributed by atoms with Crippen molar-refractivity contribution in [3.05, 3.63) is 58.0 Å². The quantitative estimate of drug-likeness (QED) is 0.710. The number of hydrogen-bond donors (Lipinski definition) is 2. The van der Waals surface area contributed by atoms with Crippen LogP contribution in [0.2, 0.25) is 0 Å². The minimum Gasteiger partial charge on any atom is -0.385 e. The predicted molar refractivity (Wildman–Crippen MR) is 115 cm³/mol. The predicted octanol–water partition coefficient (Wildman–Crippen LogP) is 1.42. The molecule has 178 valence electrons. The van der Waals surface area contributed by atoms with Gasteiger partial charge >= 0.3 is 6.18 Å². The lowest BCUT2D eigenvalue weighted by Gasteiger charge is -2.40. The number of piperidine rings is 1. The van der Waals surface area contributed by atoms with Crippen LogP contribution in [-0.4, -0.2) is 76.8 Å². The van der Waals surface area contributed by atoms with Gasteiger partial charge in [0.05, 0.1) is 17.7 Å². The van der Waals surface area contributed by atoms with Crippen LogP contribution in [0.5, 0.6) is 0 Å². The number of carbonyl (C=O) groups excluding carboxylic acids is 1. The highest BCUT2D eigenvalue weighted by Crippen LogP contribution is 2.36. The van der Waals surface area contributed by atoms with E-state index in [0.29, 0.717) is 31.9 Å². The first-order chi connectivity index (χ1) is 15.7. The SMILES string of the molecule is O=C(CN1CCN(c2ccn[nH]c2=O)CC1)N1CCC(O)(c2cccc(C(F)(F)F)c2)CC1. The molecule has 0 unspecified atom stereocenters. The smallest absolute Gasteiger partial charge is 0.385 e. The molecule has 11 heteroatoms. The molecule has 0 atom stereocenters. The topological polar surface area (TPSA) is 92.8 Å². The zero-order valence-corrected chi connectivity index (χ0v) is 18.0. The van der Waals surface area contributed by atoms with E-state index in [-0.39, 0.29) is 49.5 Å². The van der Waals surface area contributed by atoms with E-state index >= 15 is 0 Å². The number of aromatic amines is 1. The number of benzene rings is 1. The number of nitrogens with one attached hydrogen (secondary N) is 1. The molecule has 3 heterocycles. The summed E-state index contributed by atoms with van der Waals surface area (Å²) in [5, 5.41) is 17.1. The number of amides is 1. The van der Waals surface area contributed by atoms with Crippen molar-refractivity contribution in [1.29, 1.82) is 0 Å². The van der Waals surface area contributed by atoms with Gasteiger partial charge in [0, 0.05) is 45.5 Å². The maximum absolute atomic E-state index is 13.0. The highest BCUT2D eigenvalue weighted by Gasteiger charge is 2.38. The van der Waals surface area contributed by atoms with E-state index in [1.165, 1.54) is 18.3 Å². The first kappa shape index (κ1) is 23.2. The highest BCUT2D eigenvalue weighted by atomic mass is 19.4. The van der Waals surface area contributed by atoms with Crippen LogP contribution in [0, 0.1) is 0 Å². The van der Waals surface area contributed by atoms with Gasteiger partial charge in [-0.2, -0.15) is 18.3 Å². The second-order valence-electron chi connectivity index (χ2n) is 8.53. The number of halogens is 3. The summed E-state index contributed by atoms with van der Waals surface area (Å²) >= 11 is 0. The Bertz CT molecular complexity index is 1040. The molecule has 8 nitrogen and oxygen atoms in total. The molecule has 0 saturated carbocycles. The molecule has 0 radical (unpaired) electrons. The van der Waals surface area contributed by atoms with E-state index in [1.54, 1.807) is 11.0 Å². The Hall–Kier alpha value is -2.92. The molecule has 2 aliphatic rings. The van der Waals surface area contributed by atoms with Crippen LogP contribution < -0.4 is 10.5 Å². The minimum absolute atomic E-state index is 0.0729. The summed E-state index contributed by atoms with van der Waals surface area (Å²) in [7, 11) is 0. The van der Waals surface area contributed by atoms with Gasteiger partial charge in [-0.1, -0.05) is 12.1 Å². The average Bonchev–Trinajstić information content (AvgIpc) is 2.80.